The van der Waals surface area contributed by atoms with Gasteiger partial charge in [0.1, 0.15) is 5.75 Å². The second kappa shape index (κ2) is 5.52. The molecule has 1 fully saturated rings. The van der Waals surface area contributed by atoms with Crippen LogP contribution in [-0.4, -0.2) is 24.9 Å². The summed E-state index contributed by atoms with van der Waals surface area (Å²) in [5, 5.41) is 12.8. The molecule has 0 aromatic heterocycles. The van der Waals surface area contributed by atoms with E-state index in [1.807, 2.05) is 12.1 Å². The highest BCUT2D eigenvalue weighted by molar-refractivity contribution is 5.26. The number of phenolic OH excluding ortho intramolecular Hbond substituents is 1. The Bertz CT molecular complexity index is 359. The molecule has 0 bridgehead atoms. The normalized spacial score (nSPS) is 19.1. The molecule has 1 aromatic rings. The smallest absolute Gasteiger partial charge is 0.115 e. The van der Waals surface area contributed by atoms with Gasteiger partial charge in [-0.25, -0.2) is 0 Å². The lowest BCUT2D eigenvalue weighted by Crippen LogP contribution is -2.36. The first-order valence-electron chi connectivity index (χ1n) is 6.24. The molecular weight excluding hydrogens is 214 g/mol. The molecule has 0 amide bonds. The van der Waals surface area contributed by atoms with Crippen molar-refractivity contribution >= 4 is 0 Å². The Labute approximate surface area is 103 Å². The second-order valence-corrected chi connectivity index (χ2v) is 5.20. The third-order valence-electron chi connectivity index (χ3n) is 3.49. The van der Waals surface area contributed by atoms with Crippen LogP contribution in [0.2, 0.25) is 0 Å². The lowest BCUT2D eigenvalue weighted by Gasteiger charge is -2.33. The van der Waals surface area contributed by atoms with E-state index in [4.69, 9.17) is 4.74 Å². The van der Waals surface area contributed by atoms with Gasteiger partial charge in [-0.1, -0.05) is 19.1 Å². The molecule has 94 valence electrons. The summed E-state index contributed by atoms with van der Waals surface area (Å²) in [6.45, 7) is 5.89. The third kappa shape index (κ3) is 3.72. The monoisotopic (exact) mass is 235 g/mol. The van der Waals surface area contributed by atoms with Crippen molar-refractivity contribution in [2.45, 2.75) is 26.3 Å². The van der Waals surface area contributed by atoms with Crippen LogP contribution in [0.3, 0.4) is 0 Å². The lowest BCUT2D eigenvalue weighted by molar-refractivity contribution is 0.0240. The first-order chi connectivity index (χ1) is 8.18. The molecule has 1 aromatic carbocycles. The van der Waals surface area contributed by atoms with E-state index in [1.165, 1.54) is 0 Å². The molecule has 1 saturated heterocycles. The van der Waals surface area contributed by atoms with Crippen molar-refractivity contribution in [3.05, 3.63) is 29.8 Å². The molecule has 1 heterocycles. The molecule has 2 N–H and O–H groups in total. The average molecular weight is 235 g/mol. The van der Waals surface area contributed by atoms with Crippen LogP contribution in [-0.2, 0) is 11.3 Å². The Morgan fingerprint density at radius 3 is 2.82 bits per heavy atom. The quantitative estimate of drug-likeness (QED) is 0.841. The zero-order valence-corrected chi connectivity index (χ0v) is 10.4. The van der Waals surface area contributed by atoms with E-state index in [0.717, 1.165) is 44.7 Å². The largest absolute Gasteiger partial charge is 0.508 e. The van der Waals surface area contributed by atoms with Gasteiger partial charge >= 0.3 is 0 Å². The molecule has 0 unspecified atom stereocenters. The number of ether oxygens (including phenoxy) is 1. The molecule has 1 aliphatic rings. The number of hydrogen-bond acceptors (Lipinski definition) is 3. The van der Waals surface area contributed by atoms with Gasteiger partial charge in [-0.3, -0.25) is 0 Å². The van der Waals surface area contributed by atoms with Crippen LogP contribution in [0.1, 0.15) is 25.3 Å². The first-order valence-corrected chi connectivity index (χ1v) is 6.24. The SMILES string of the molecule is CC1(CNCc2cccc(O)c2)CCOCC1. The number of hydrogen-bond donors (Lipinski definition) is 2. The van der Waals surface area contributed by atoms with E-state index in [2.05, 4.69) is 12.2 Å². The summed E-state index contributed by atoms with van der Waals surface area (Å²) in [6, 6.07) is 7.41. The minimum atomic E-state index is 0.335. The fraction of sp³-hybridized carbons (Fsp3) is 0.571. The molecule has 0 spiro atoms. The summed E-state index contributed by atoms with van der Waals surface area (Å²) >= 11 is 0. The lowest BCUT2D eigenvalue weighted by atomic mass is 9.82. The highest BCUT2D eigenvalue weighted by Gasteiger charge is 2.26. The molecule has 2 rings (SSSR count). The maximum Gasteiger partial charge on any atom is 0.115 e. The molecule has 3 heteroatoms. The zero-order chi connectivity index (χ0) is 12.1. The molecule has 3 nitrogen and oxygen atoms in total. The number of benzene rings is 1. The maximum absolute atomic E-state index is 9.37. The van der Waals surface area contributed by atoms with Gasteiger partial charge in [0.15, 0.2) is 0 Å². The molecular formula is C14H21NO2. The summed E-state index contributed by atoms with van der Waals surface area (Å²) in [5.74, 6) is 0.335. The molecule has 1 aliphatic heterocycles. The van der Waals surface area contributed by atoms with Gasteiger partial charge in [0, 0.05) is 26.3 Å². The molecule has 0 saturated carbocycles. The van der Waals surface area contributed by atoms with Crippen LogP contribution in [0.15, 0.2) is 24.3 Å². The van der Waals surface area contributed by atoms with Crippen LogP contribution in [0.4, 0.5) is 0 Å². The number of phenols is 1. The second-order valence-electron chi connectivity index (χ2n) is 5.20. The van der Waals surface area contributed by atoms with E-state index >= 15 is 0 Å². The minimum Gasteiger partial charge on any atom is -0.508 e. The first kappa shape index (κ1) is 12.4. The predicted molar refractivity (Wildman–Crippen MR) is 68.0 cm³/mol. The van der Waals surface area contributed by atoms with Crippen LogP contribution in [0, 0.1) is 5.41 Å². The van der Waals surface area contributed by atoms with Gasteiger partial charge in [-0.2, -0.15) is 0 Å². The topological polar surface area (TPSA) is 41.5 Å². The van der Waals surface area contributed by atoms with Gasteiger partial charge in [-0.15, -0.1) is 0 Å². The summed E-state index contributed by atoms with van der Waals surface area (Å²) in [6.07, 6.45) is 2.25. The number of nitrogens with one attached hydrogen (secondary N) is 1. The highest BCUT2D eigenvalue weighted by Crippen LogP contribution is 2.28. The van der Waals surface area contributed by atoms with E-state index < -0.39 is 0 Å². The summed E-state index contributed by atoms with van der Waals surface area (Å²) < 4.78 is 5.38. The molecule has 0 radical (unpaired) electrons. The standard InChI is InChI=1S/C14H21NO2/c1-14(5-7-17-8-6-14)11-15-10-12-3-2-4-13(16)9-12/h2-4,9,15-16H,5-8,10-11H2,1H3. The Morgan fingerprint density at radius 2 is 2.12 bits per heavy atom. The van der Waals surface area contributed by atoms with E-state index in [0.29, 0.717) is 11.2 Å². The highest BCUT2D eigenvalue weighted by atomic mass is 16.5. The Morgan fingerprint density at radius 1 is 1.35 bits per heavy atom. The van der Waals surface area contributed by atoms with Crippen molar-refractivity contribution in [3.8, 4) is 5.75 Å². The van der Waals surface area contributed by atoms with Gasteiger partial charge in [-0.05, 0) is 36.0 Å². The van der Waals surface area contributed by atoms with Crippen molar-refractivity contribution in [2.24, 2.45) is 5.41 Å². The molecule has 0 aliphatic carbocycles. The van der Waals surface area contributed by atoms with Crippen molar-refractivity contribution in [3.63, 3.8) is 0 Å². The molecule has 0 atom stereocenters. The van der Waals surface area contributed by atoms with E-state index in [1.54, 1.807) is 12.1 Å². The van der Waals surface area contributed by atoms with Crippen LogP contribution >= 0.6 is 0 Å². The van der Waals surface area contributed by atoms with Crippen LogP contribution < -0.4 is 5.32 Å². The van der Waals surface area contributed by atoms with Gasteiger partial charge in [0.25, 0.3) is 0 Å². The fourth-order valence-corrected chi connectivity index (χ4v) is 2.22. The van der Waals surface area contributed by atoms with E-state index in [-0.39, 0.29) is 0 Å². The fourth-order valence-electron chi connectivity index (χ4n) is 2.22. The Balaban J connectivity index is 1.79. The summed E-state index contributed by atoms with van der Waals surface area (Å²) in [4.78, 5) is 0. The average Bonchev–Trinajstić information content (AvgIpc) is 2.30. The Hall–Kier alpha value is -1.06. The van der Waals surface area contributed by atoms with Gasteiger partial charge in [0.2, 0.25) is 0 Å². The number of rotatable bonds is 4. The van der Waals surface area contributed by atoms with Crippen molar-refractivity contribution < 1.29 is 9.84 Å². The minimum absolute atomic E-state index is 0.335. The summed E-state index contributed by atoms with van der Waals surface area (Å²) in [7, 11) is 0. The van der Waals surface area contributed by atoms with Gasteiger partial charge < -0.3 is 15.2 Å². The summed E-state index contributed by atoms with van der Waals surface area (Å²) in [5.41, 5.74) is 1.48. The van der Waals surface area contributed by atoms with Crippen LogP contribution in [0.25, 0.3) is 0 Å². The van der Waals surface area contributed by atoms with Crippen molar-refractivity contribution in [1.29, 1.82) is 0 Å². The van der Waals surface area contributed by atoms with Crippen LogP contribution in [0.5, 0.6) is 5.75 Å². The van der Waals surface area contributed by atoms with Crippen molar-refractivity contribution in [1.82, 2.24) is 5.32 Å². The third-order valence-corrected chi connectivity index (χ3v) is 3.49. The van der Waals surface area contributed by atoms with Crippen molar-refractivity contribution in [2.75, 3.05) is 19.8 Å². The zero-order valence-electron chi connectivity index (χ0n) is 10.4. The Kier molecular flexibility index (Phi) is 4.02. The molecule has 17 heavy (non-hydrogen) atoms. The predicted octanol–water partition coefficient (Wildman–Crippen LogP) is 2.30. The maximum atomic E-state index is 9.37. The van der Waals surface area contributed by atoms with Gasteiger partial charge in [0.05, 0.1) is 0 Å². The number of aromatic hydroxyl groups is 1. The van der Waals surface area contributed by atoms with E-state index in [9.17, 15) is 5.11 Å².